The summed E-state index contributed by atoms with van der Waals surface area (Å²) < 4.78 is 37.2. The minimum atomic E-state index is -0.545. The third kappa shape index (κ3) is 5.99. The topological polar surface area (TPSA) is 95.9 Å². The number of likely N-dealkylation sites (tertiary alicyclic amines) is 1. The van der Waals surface area contributed by atoms with Crippen LogP contribution in [-0.4, -0.2) is 58.4 Å². The fourth-order valence-corrected chi connectivity index (χ4v) is 3.79. The van der Waals surface area contributed by atoms with Crippen molar-refractivity contribution in [3.63, 3.8) is 0 Å². The first-order valence-electron chi connectivity index (χ1n) is 11.7. The summed E-state index contributed by atoms with van der Waals surface area (Å²) in [4.78, 5) is 26.3. The van der Waals surface area contributed by atoms with Crippen LogP contribution in [0.25, 0.3) is 11.1 Å². The van der Waals surface area contributed by atoms with Crippen molar-refractivity contribution in [1.82, 2.24) is 19.9 Å². The summed E-state index contributed by atoms with van der Waals surface area (Å²) in [7, 11) is 1.55. The predicted molar refractivity (Wildman–Crippen MR) is 130 cm³/mol. The average molecular weight is 497 g/mol. The molecule has 0 unspecified atom stereocenters. The number of ether oxygens (including phenoxy) is 4. The van der Waals surface area contributed by atoms with Crippen molar-refractivity contribution in [3.8, 4) is 34.4 Å². The number of hydrogen-bond donors (Lipinski definition) is 0. The van der Waals surface area contributed by atoms with E-state index in [0.29, 0.717) is 48.7 Å². The van der Waals surface area contributed by atoms with Gasteiger partial charge < -0.3 is 23.8 Å². The van der Waals surface area contributed by atoms with Gasteiger partial charge in [0.2, 0.25) is 11.8 Å². The Morgan fingerprint density at radius 3 is 2.53 bits per heavy atom. The maximum absolute atomic E-state index is 14.9. The number of carbonyl (C=O) groups excluding carboxylic acids is 1. The van der Waals surface area contributed by atoms with E-state index in [0.717, 1.165) is 5.56 Å². The van der Waals surface area contributed by atoms with E-state index < -0.39 is 5.82 Å². The lowest BCUT2D eigenvalue weighted by molar-refractivity contribution is 0.0505. The molecule has 0 atom stereocenters. The molecule has 0 radical (unpaired) electrons. The molecule has 1 saturated heterocycles. The number of pyridine rings is 1. The molecule has 0 bridgehead atoms. The summed E-state index contributed by atoms with van der Waals surface area (Å²) in [5.41, 5.74) is 1.91. The zero-order valence-electron chi connectivity index (χ0n) is 20.7. The Labute approximate surface area is 209 Å². The minimum absolute atomic E-state index is 0.0272. The minimum Gasteiger partial charge on any atom is -0.495 e. The summed E-state index contributed by atoms with van der Waals surface area (Å²) in [5.74, 6) is 0.629. The second-order valence-corrected chi connectivity index (χ2v) is 8.71. The molecule has 0 spiro atoms. The molecule has 36 heavy (non-hydrogen) atoms. The number of hydrogen-bond acceptors (Lipinski definition) is 8. The molecular weight excluding hydrogens is 467 g/mol. The number of benzene rings is 1. The normalized spacial score (nSPS) is 14.0. The van der Waals surface area contributed by atoms with Crippen LogP contribution in [0.15, 0.2) is 43.0 Å². The number of rotatable bonds is 7. The summed E-state index contributed by atoms with van der Waals surface area (Å²) in [6, 6.07) is 6.43. The van der Waals surface area contributed by atoms with Gasteiger partial charge >= 0.3 is 6.09 Å². The number of nitrogens with zero attached hydrogens (tertiary/aromatic N) is 4. The van der Waals surface area contributed by atoms with Gasteiger partial charge in [0.1, 0.15) is 18.2 Å². The number of carbonyl (C=O) groups is 1. The standard InChI is InChI=1S/C26H29FN4O5/c1-16(2)34-26(32)31-9-7-20(8-10-31)35-24-17(3)25(30-15-29-24)36-23-6-5-18(12-22(23)27)19-11-21(33-4)14-28-13-19/h5-6,11-16,20H,7-10H2,1-4H3. The van der Waals surface area contributed by atoms with Gasteiger partial charge in [-0.3, -0.25) is 4.98 Å². The lowest BCUT2D eigenvalue weighted by atomic mass is 10.1. The van der Waals surface area contributed by atoms with Gasteiger partial charge in [-0.2, -0.15) is 0 Å². The Morgan fingerprint density at radius 1 is 1.08 bits per heavy atom. The van der Waals surface area contributed by atoms with E-state index in [1.54, 1.807) is 43.5 Å². The van der Waals surface area contributed by atoms with Gasteiger partial charge in [0.15, 0.2) is 11.6 Å². The molecule has 0 N–H and O–H groups in total. The van der Waals surface area contributed by atoms with Crippen molar-refractivity contribution in [2.45, 2.75) is 45.8 Å². The molecule has 1 aromatic carbocycles. The number of halogens is 1. The van der Waals surface area contributed by atoms with E-state index in [2.05, 4.69) is 15.0 Å². The van der Waals surface area contributed by atoms with Crippen LogP contribution in [-0.2, 0) is 4.74 Å². The van der Waals surface area contributed by atoms with E-state index >= 15 is 0 Å². The average Bonchev–Trinajstić information content (AvgIpc) is 2.87. The van der Waals surface area contributed by atoms with Crippen molar-refractivity contribution in [2.24, 2.45) is 0 Å². The molecule has 3 heterocycles. The molecule has 1 aliphatic rings. The van der Waals surface area contributed by atoms with Gasteiger partial charge in [0.25, 0.3) is 0 Å². The van der Waals surface area contributed by atoms with Gasteiger partial charge in [0.05, 0.1) is 25.0 Å². The van der Waals surface area contributed by atoms with Crippen LogP contribution in [0.5, 0.6) is 23.3 Å². The number of piperidine rings is 1. The SMILES string of the molecule is COc1cncc(-c2ccc(Oc3ncnc(OC4CCN(C(=O)OC(C)C)CC4)c3C)c(F)c2)c1. The van der Waals surface area contributed by atoms with E-state index in [9.17, 15) is 9.18 Å². The van der Waals surface area contributed by atoms with Crippen LogP contribution in [0, 0.1) is 12.7 Å². The molecule has 190 valence electrons. The first-order valence-corrected chi connectivity index (χ1v) is 11.7. The Bertz CT molecular complexity index is 1210. The molecular formula is C26H29FN4O5. The van der Waals surface area contributed by atoms with Gasteiger partial charge in [-0.15, -0.1) is 0 Å². The third-order valence-electron chi connectivity index (χ3n) is 5.73. The largest absolute Gasteiger partial charge is 0.495 e. The van der Waals surface area contributed by atoms with E-state index in [4.69, 9.17) is 18.9 Å². The molecule has 1 amide bonds. The molecule has 3 aromatic rings. The van der Waals surface area contributed by atoms with E-state index in [-0.39, 0.29) is 29.9 Å². The van der Waals surface area contributed by atoms with Crippen LogP contribution >= 0.6 is 0 Å². The molecule has 10 heteroatoms. The van der Waals surface area contributed by atoms with E-state index in [1.807, 2.05) is 13.8 Å². The number of aromatic nitrogens is 3. The van der Waals surface area contributed by atoms with Gasteiger partial charge in [-0.05, 0) is 44.5 Å². The summed E-state index contributed by atoms with van der Waals surface area (Å²) in [5, 5.41) is 0. The van der Waals surface area contributed by atoms with Crippen LogP contribution in [0.1, 0.15) is 32.3 Å². The maximum Gasteiger partial charge on any atom is 0.410 e. The molecule has 4 rings (SSSR count). The van der Waals surface area contributed by atoms with Gasteiger partial charge in [-0.25, -0.2) is 19.2 Å². The first-order chi connectivity index (χ1) is 17.3. The van der Waals surface area contributed by atoms with Crippen molar-refractivity contribution in [1.29, 1.82) is 0 Å². The third-order valence-corrected chi connectivity index (χ3v) is 5.73. The van der Waals surface area contributed by atoms with Gasteiger partial charge in [-0.1, -0.05) is 6.07 Å². The zero-order valence-corrected chi connectivity index (χ0v) is 20.7. The summed E-state index contributed by atoms with van der Waals surface area (Å²) in [6.07, 6.45) is 5.22. The Morgan fingerprint density at radius 2 is 1.83 bits per heavy atom. The number of amides is 1. The highest BCUT2D eigenvalue weighted by atomic mass is 19.1. The Kier molecular flexibility index (Phi) is 7.82. The summed E-state index contributed by atoms with van der Waals surface area (Å²) >= 11 is 0. The van der Waals surface area contributed by atoms with Crippen molar-refractivity contribution in [2.75, 3.05) is 20.2 Å². The first kappa shape index (κ1) is 25.2. The second kappa shape index (κ2) is 11.2. The van der Waals surface area contributed by atoms with E-state index in [1.165, 1.54) is 18.5 Å². The predicted octanol–water partition coefficient (Wildman–Crippen LogP) is 5.18. The highest BCUT2D eigenvalue weighted by molar-refractivity contribution is 5.68. The molecule has 1 fully saturated rings. The van der Waals surface area contributed by atoms with Gasteiger partial charge in [0, 0.05) is 37.7 Å². The van der Waals surface area contributed by atoms with Crippen molar-refractivity contribution < 1.29 is 28.1 Å². The van der Waals surface area contributed by atoms with Crippen molar-refractivity contribution >= 4 is 6.09 Å². The Hall–Kier alpha value is -3.95. The fourth-order valence-electron chi connectivity index (χ4n) is 3.79. The Balaban J connectivity index is 1.41. The zero-order chi connectivity index (χ0) is 25.7. The smallest absolute Gasteiger partial charge is 0.410 e. The maximum atomic E-state index is 14.9. The van der Waals surface area contributed by atoms with Crippen molar-refractivity contribution in [3.05, 3.63) is 54.4 Å². The molecule has 1 aliphatic heterocycles. The highest BCUT2D eigenvalue weighted by Crippen LogP contribution is 2.32. The fraction of sp³-hybridized carbons (Fsp3) is 0.385. The molecule has 2 aromatic heterocycles. The molecule has 9 nitrogen and oxygen atoms in total. The highest BCUT2D eigenvalue weighted by Gasteiger charge is 2.26. The van der Waals surface area contributed by atoms with Crippen LogP contribution in [0.4, 0.5) is 9.18 Å². The lowest BCUT2D eigenvalue weighted by Gasteiger charge is -2.31. The van der Waals surface area contributed by atoms with Crippen LogP contribution < -0.4 is 14.2 Å². The lowest BCUT2D eigenvalue weighted by Crippen LogP contribution is -2.42. The molecule has 0 aliphatic carbocycles. The number of methoxy groups -OCH3 is 1. The second-order valence-electron chi connectivity index (χ2n) is 8.71. The van der Waals surface area contributed by atoms with Crippen LogP contribution in [0.3, 0.4) is 0 Å². The monoisotopic (exact) mass is 496 g/mol. The van der Waals surface area contributed by atoms with Crippen LogP contribution in [0.2, 0.25) is 0 Å². The summed E-state index contributed by atoms with van der Waals surface area (Å²) in [6.45, 7) is 6.47. The quantitative estimate of drug-likeness (QED) is 0.442. The molecule has 0 saturated carbocycles.